The highest BCUT2D eigenvalue weighted by molar-refractivity contribution is 5.93. The fourth-order valence-corrected chi connectivity index (χ4v) is 2.98. The lowest BCUT2D eigenvalue weighted by Crippen LogP contribution is -2.38. The zero-order valence-electron chi connectivity index (χ0n) is 13.8. The van der Waals surface area contributed by atoms with Crippen LogP contribution in [0.2, 0.25) is 0 Å². The molecular weight excluding hydrogens is 292 g/mol. The van der Waals surface area contributed by atoms with Crippen LogP contribution in [0, 0.1) is 5.92 Å². The Bertz CT molecular complexity index is 653. The number of carbonyl (C=O) groups is 1. The molecule has 7 heteroatoms. The molecular formula is C16H24N6O. The zero-order chi connectivity index (χ0) is 16.2. The first-order valence-corrected chi connectivity index (χ1v) is 8.07. The SMILES string of the molecule is Cn1cc(C(=O)NCC2CCN(Cc3nccn3C)CC2)cn1. The third-order valence-corrected chi connectivity index (χ3v) is 4.51. The van der Waals surface area contributed by atoms with Gasteiger partial charge >= 0.3 is 0 Å². The first kappa shape index (κ1) is 15.7. The second kappa shape index (κ2) is 6.95. The lowest BCUT2D eigenvalue weighted by molar-refractivity contribution is 0.0934. The zero-order valence-corrected chi connectivity index (χ0v) is 13.8. The molecule has 0 bridgehead atoms. The lowest BCUT2D eigenvalue weighted by atomic mass is 9.96. The van der Waals surface area contributed by atoms with Gasteiger partial charge in [-0.15, -0.1) is 0 Å². The number of aromatic nitrogens is 4. The molecule has 1 N–H and O–H groups in total. The summed E-state index contributed by atoms with van der Waals surface area (Å²) in [6, 6.07) is 0. The minimum atomic E-state index is -0.0338. The molecule has 7 nitrogen and oxygen atoms in total. The predicted molar refractivity (Wildman–Crippen MR) is 86.8 cm³/mol. The highest BCUT2D eigenvalue weighted by Crippen LogP contribution is 2.18. The fourth-order valence-electron chi connectivity index (χ4n) is 2.98. The highest BCUT2D eigenvalue weighted by atomic mass is 16.1. The molecule has 1 aliphatic heterocycles. The molecule has 0 aromatic carbocycles. The van der Waals surface area contributed by atoms with Gasteiger partial charge in [0, 0.05) is 39.2 Å². The first-order chi connectivity index (χ1) is 11.1. The Hall–Kier alpha value is -2.15. The smallest absolute Gasteiger partial charge is 0.254 e. The van der Waals surface area contributed by atoms with Gasteiger partial charge in [0.15, 0.2) is 0 Å². The average Bonchev–Trinajstić information content (AvgIpc) is 3.15. The third kappa shape index (κ3) is 3.98. The molecule has 1 saturated heterocycles. The Morgan fingerprint density at radius 1 is 1.35 bits per heavy atom. The maximum atomic E-state index is 12.0. The molecule has 124 valence electrons. The quantitative estimate of drug-likeness (QED) is 0.886. The van der Waals surface area contributed by atoms with E-state index >= 15 is 0 Å². The molecule has 0 saturated carbocycles. The van der Waals surface area contributed by atoms with E-state index in [1.807, 2.05) is 26.5 Å². The highest BCUT2D eigenvalue weighted by Gasteiger charge is 2.21. The van der Waals surface area contributed by atoms with Crippen molar-refractivity contribution in [2.24, 2.45) is 20.0 Å². The summed E-state index contributed by atoms with van der Waals surface area (Å²) < 4.78 is 3.71. The molecule has 1 amide bonds. The van der Waals surface area contributed by atoms with Crippen molar-refractivity contribution in [2.75, 3.05) is 19.6 Å². The molecule has 23 heavy (non-hydrogen) atoms. The van der Waals surface area contributed by atoms with Gasteiger partial charge in [-0.05, 0) is 31.8 Å². The summed E-state index contributed by atoms with van der Waals surface area (Å²) in [7, 11) is 3.84. The van der Waals surface area contributed by atoms with Crippen molar-refractivity contribution in [1.29, 1.82) is 0 Å². The number of aryl methyl sites for hydroxylation is 2. The molecule has 3 rings (SSSR count). The summed E-state index contributed by atoms with van der Waals surface area (Å²) in [6.07, 6.45) is 9.39. The van der Waals surface area contributed by atoms with Crippen molar-refractivity contribution in [3.05, 3.63) is 36.2 Å². The molecule has 0 spiro atoms. The number of nitrogens with one attached hydrogen (secondary N) is 1. The van der Waals surface area contributed by atoms with Gasteiger partial charge in [-0.1, -0.05) is 0 Å². The number of hydrogen-bond donors (Lipinski definition) is 1. The van der Waals surface area contributed by atoms with E-state index in [9.17, 15) is 4.79 Å². The van der Waals surface area contributed by atoms with Crippen molar-refractivity contribution < 1.29 is 4.79 Å². The van der Waals surface area contributed by atoms with Crippen molar-refractivity contribution in [1.82, 2.24) is 29.5 Å². The number of imidazole rings is 1. The van der Waals surface area contributed by atoms with Gasteiger partial charge in [0.2, 0.25) is 0 Å². The number of likely N-dealkylation sites (tertiary alicyclic amines) is 1. The Balaban J connectivity index is 1.41. The Labute approximate surface area is 136 Å². The molecule has 1 aliphatic rings. The van der Waals surface area contributed by atoms with E-state index in [2.05, 4.69) is 24.9 Å². The molecule has 2 aromatic rings. The minimum Gasteiger partial charge on any atom is -0.352 e. The monoisotopic (exact) mass is 316 g/mol. The summed E-state index contributed by atoms with van der Waals surface area (Å²) >= 11 is 0. The van der Waals surface area contributed by atoms with Gasteiger partial charge in [-0.2, -0.15) is 5.10 Å². The topological polar surface area (TPSA) is 68.0 Å². The van der Waals surface area contributed by atoms with E-state index in [4.69, 9.17) is 0 Å². The summed E-state index contributed by atoms with van der Waals surface area (Å²) in [6.45, 7) is 3.75. The van der Waals surface area contributed by atoms with Crippen molar-refractivity contribution in [3.63, 3.8) is 0 Å². The molecule has 1 fully saturated rings. The summed E-state index contributed by atoms with van der Waals surface area (Å²) in [5.74, 6) is 1.62. The van der Waals surface area contributed by atoms with E-state index in [0.29, 0.717) is 11.5 Å². The second-order valence-electron chi connectivity index (χ2n) is 6.29. The number of carbonyl (C=O) groups excluding carboxylic acids is 1. The van der Waals surface area contributed by atoms with E-state index in [1.54, 1.807) is 17.1 Å². The molecule has 0 radical (unpaired) electrons. The van der Waals surface area contributed by atoms with Gasteiger partial charge in [0.05, 0.1) is 18.3 Å². The van der Waals surface area contributed by atoms with Crippen LogP contribution in [0.4, 0.5) is 0 Å². The van der Waals surface area contributed by atoms with E-state index in [-0.39, 0.29) is 5.91 Å². The summed E-state index contributed by atoms with van der Waals surface area (Å²) in [4.78, 5) is 18.8. The summed E-state index contributed by atoms with van der Waals surface area (Å²) in [5, 5.41) is 7.05. The van der Waals surface area contributed by atoms with Crippen LogP contribution in [0.25, 0.3) is 0 Å². The maximum absolute atomic E-state index is 12.0. The van der Waals surface area contributed by atoms with Gasteiger partial charge < -0.3 is 9.88 Å². The predicted octanol–water partition coefficient (Wildman–Crippen LogP) is 0.796. The number of nitrogens with zero attached hydrogens (tertiary/aromatic N) is 5. The first-order valence-electron chi connectivity index (χ1n) is 8.07. The lowest BCUT2D eigenvalue weighted by Gasteiger charge is -2.31. The third-order valence-electron chi connectivity index (χ3n) is 4.51. The number of piperidine rings is 1. The van der Waals surface area contributed by atoms with Crippen LogP contribution < -0.4 is 5.32 Å². The van der Waals surface area contributed by atoms with Crippen molar-refractivity contribution in [3.8, 4) is 0 Å². The van der Waals surface area contributed by atoms with Gasteiger partial charge in [-0.3, -0.25) is 14.4 Å². The number of rotatable bonds is 5. The molecule has 2 aromatic heterocycles. The van der Waals surface area contributed by atoms with Crippen LogP contribution in [-0.4, -0.2) is 49.8 Å². The molecule has 3 heterocycles. The molecule has 0 aliphatic carbocycles. The Morgan fingerprint density at radius 3 is 2.74 bits per heavy atom. The number of amides is 1. The Morgan fingerprint density at radius 2 is 2.13 bits per heavy atom. The van der Waals surface area contributed by atoms with Crippen molar-refractivity contribution in [2.45, 2.75) is 19.4 Å². The standard InChI is InChI=1S/C16H24N6O/c1-20-8-5-17-15(20)12-22-6-3-13(4-7-22)9-18-16(23)14-10-19-21(2)11-14/h5,8,10-11,13H,3-4,6-7,9,12H2,1-2H3,(H,18,23). The normalized spacial score (nSPS) is 16.6. The van der Waals surface area contributed by atoms with Crippen LogP contribution in [0.5, 0.6) is 0 Å². The fraction of sp³-hybridized carbons (Fsp3) is 0.562. The van der Waals surface area contributed by atoms with Gasteiger partial charge in [0.25, 0.3) is 5.91 Å². The largest absolute Gasteiger partial charge is 0.352 e. The van der Waals surface area contributed by atoms with Gasteiger partial charge in [0.1, 0.15) is 5.82 Å². The average molecular weight is 316 g/mol. The molecule has 0 unspecified atom stereocenters. The second-order valence-corrected chi connectivity index (χ2v) is 6.29. The summed E-state index contributed by atoms with van der Waals surface area (Å²) in [5.41, 5.74) is 0.625. The van der Waals surface area contributed by atoms with Crippen LogP contribution in [0.3, 0.4) is 0 Å². The van der Waals surface area contributed by atoms with Crippen LogP contribution in [0.1, 0.15) is 29.0 Å². The van der Waals surface area contributed by atoms with Crippen LogP contribution in [0.15, 0.2) is 24.8 Å². The van der Waals surface area contributed by atoms with E-state index in [1.165, 1.54) is 0 Å². The minimum absolute atomic E-state index is 0.0338. The van der Waals surface area contributed by atoms with Gasteiger partial charge in [-0.25, -0.2) is 4.98 Å². The Kier molecular flexibility index (Phi) is 4.76. The number of hydrogen-bond acceptors (Lipinski definition) is 4. The van der Waals surface area contributed by atoms with E-state index in [0.717, 1.165) is 44.8 Å². The van der Waals surface area contributed by atoms with Crippen LogP contribution >= 0.6 is 0 Å². The van der Waals surface area contributed by atoms with Crippen molar-refractivity contribution >= 4 is 5.91 Å². The van der Waals surface area contributed by atoms with E-state index < -0.39 is 0 Å². The maximum Gasteiger partial charge on any atom is 0.254 e. The molecule has 0 atom stereocenters. The van der Waals surface area contributed by atoms with Crippen LogP contribution in [-0.2, 0) is 20.6 Å².